The Labute approximate surface area is 110 Å². The third-order valence-corrected chi connectivity index (χ3v) is 4.01. The zero-order chi connectivity index (χ0) is 13.0. The molecule has 2 heteroatoms. The van der Waals surface area contributed by atoms with Gasteiger partial charge in [0.15, 0.2) is 0 Å². The van der Waals surface area contributed by atoms with Crippen LogP contribution in [-0.2, 0) is 0 Å². The molecule has 0 aromatic heterocycles. The summed E-state index contributed by atoms with van der Waals surface area (Å²) >= 11 is 0. The van der Waals surface area contributed by atoms with Gasteiger partial charge in [-0.2, -0.15) is 5.26 Å². The Balaban J connectivity index is 2.03. The van der Waals surface area contributed by atoms with Crippen LogP contribution in [0.15, 0.2) is 24.3 Å². The van der Waals surface area contributed by atoms with Crippen molar-refractivity contribution >= 4 is 0 Å². The van der Waals surface area contributed by atoms with Crippen LogP contribution in [0.4, 0.5) is 0 Å². The number of ether oxygens (including phenoxy) is 1. The maximum absolute atomic E-state index is 8.81. The van der Waals surface area contributed by atoms with E-state index in [1.807, 2.05) is 12.1 Å². The third-order valence-electron chi connectivity index (χ3n) is 4.01. The van der Waals surface area contributed by atoms with Gasteiger partial charge in [-0.3, -0.25) is 0 Å². The zero-order valence-electron chi connectivity index (χ0n) is 11.3. The average molecular weight is 243 g/mol. The van der Waals surface area contributed by atoms with E-state index < -0.39 is 0 Å². The van der Waals surface area contributed by atoms with Crippen LogP contribution in [0.25, 0.3) is 0 Å². The van der Waals surface area contributed by atoms with E-state index in [2.05, 4.69) is 32.0 Å². The highest BCUT2D eigenvalue weighted by molar-refractivity contribution is 5.36. The maximum atomic E-state index is 8.81. The Bertz CT molecular complexity index is 443. The predicted molar refractivity (Wildman–Crippen MR) is 72.5 cm³/mol. The normalized spacial score (nSPS) is 17.8. The maximum Gasteiger partial charge on any atom is 0.122 e. The summed E-state index contributed by atoms with van der Waals surface area (Å²) in [6.07, 6.45) is 4.00. The first kappa shape index (κ1) is 13.0. The van der Waals surface area contributed by atoms with Crippen molar-refractivity contribution in [3.8, 4) is 11.8 Å². The summed E-state index contributed by atoms with van der Waals surface area (Å²) in [7, 11) is 0. The zero-order valence-corrected chi connectivity index (χ0v) is 11.3. The fraction of sp³-hybridized carbons (Fsp3) is 0.562. The molecule has 0 amide bonds. The standard InChI is InChI=1S/C16H21NO/c1-3-13(2)14-6-4-5-7-15(14)18-12-16(8-9-16)10-11-17/h4-7,13H,3,8-10,12H2,1-2H3. The summed E-state index contributed by atoms with van der Waals surface area (Å²) in [5.41, 5.74) is 1.44. The molecule has 1 fully saturated rings. The van der Waals surface area contributed by atoms with E-state index >= 15 is 0 Å². The molecule has 0 saturated heterocycles. The van der Waals surface area contributed by atoms with E-state index in [1.54, 1.807) is 0 Å². The Kier molecular flexibility index (Phi) is 3.91. The van der Waals surface area contributed by atoms with Crippen molar-refractivity contribution in [2.45, 2.75) is 45.4 Å². The van der Waals surface area contributed by atoms with Gasteiger partial charge in [-0.25, -0.2) is 0 Å². The van der Waals surface area contributed by atoms with Crippen LogP contribution in [0.2, 0.25) is 0 Å². The molecule has 1 aromatic rings. The molecule has 0 heterocycles. The minimum absolute atomic E-state index is 0.150. The SMILES string of the molecule is CCC(C)c1ccccc1OCC1(CC#N)CC1. The highest BCUT2D eigenvalue weighted by atomic mass is 16.5. The number of para-hydroxylation sites is 1. The van der Waals surface area contributed by atoms with Crippen molar-refractivity contribution < 1.29 is 4.74 Å². The van der Waals surface area contributed by atoms with Gasteiger partial charge in [0.05, 0.1) is 12.7 Å². The average Bonchev–Trinajstić information content (AvgIpc) is 3.16. The molecule has 2 nitrogen and oxygen atoms in total. The number of hydrogen-bond donors (Lipinski definition) is 0. The summed E-state index contributed by atoms with van der Waals surface area (Å²) in [4.78, 5) is 0. The first-order chi connectivity index (χ1) is 8.71. The second-order valence-corrected chi connectivity index (χ2v) is 5.47. The Hall–Kier alpha value is -1.49. The smallest absolute Gasteiger partial charge is 0.122 e. The molecule has 1 saturated carbocycles. The van der Waals surface area contributed by atoms with Gasteiger partial charge in [-0.15, -0.1) is 0 Å². The van der Waals surface area contributed by atoms with Gasteiger partial charge in [0.2, 0.25) is 0 Å². The molecule has 0 N–H and O–H groups in total. The van der Waals surface area contributed by atoms with E-state index in [4.69, 9.17) is 10.00 Å². The minimum Gasteiger partial charge on any atom is -0.493 e. The molecule has 96 valence electrons. The number of nitriles is 1. The third kappa shape index (κ3) is 2.85. The quantitative estimate of drug-likeness (QED) is 0.747. The molecule has 0 bridgehead atoms. The number of benzene rings is 1. The molecule has 1 aliphatic carbocycles. The summed E-state index contributed by atoms with van der Waals surface area (Å²) in [5.74, 6) is 1.52. The van der Waals surface area contributed by atoms with E-state index in [0.29, 0.717) is 18.9 Å². The molecule has 1 unspecified atom stereocenters. The van der Waals surface area contributed by atoms with Crippen LogP contribution in [0, 0.1) is 16.7 Å². The van der Waals surface area contributed by atoms with Crippen molar-refractivity contribution in [1.29, 1.82) is 5.26 Å². The lowest BCUT2D eigenvalue weighted by atomic mass is 9.97. The summed E-state index contributed by atoms with van der Waals surface area (Å²) < 4.78 is 5.99. The Morgan fingerprint density at radius 1 is 1.39 bits per heavy atom. The van der Waals surface area contributed by atoms with Crippen LogP contribution in [0.1, 0.15) is 51.0 Å². The summed E-state index contributed by atoms with van der Waals surface area (Å²) in [6, 6.07) is 10.6. The highest BCUT2D eigenvalue weighted by Gasteiger charge is 2.43. The molecular formula is C16H21NO. The fourth-order valence-electron chi connectivity index (χ4n) is 2.19. The van der Waals surface area contributed by atoms with Gasteiger partial charge < -0.3 is 4.74 Å². The second kappa shape index (κ2) is 5.44. The molecule has 0 aliphatic heterocycles. The van der Waals surface area contributed by atoms with Crippen molar-refractivity contribution in [2.75, 3.05) is 6.61 Å². The topological polar surface area (TPSA) is 33.0 Å². The van der Waals surface area contributed by atoms with Gasteiger partial charge in [-0.05, 0) is 36.8 Å². The molecular weight excluding hydrogens is 222 g/mol. The van der Waals surface area contributed by atoms with Crippen molar-refractivity contribution in [2.24, 2.45) is 5.41 Å². The monoisotopic (exact) mass is 243 g/mol. The summed E-state index contributed by atoms with van der Waals surface area (Å²) in [5, 5.41) is 8.81. The molecule has 1 atom stereocenters. The first-order valence-electron chi connectivity index (χ1n) is 6.79. The lowest BCUT2D eigenvalue weighted by molar-refractivity contribution is 0.234. The fourth-order valence-corrected chi connectivity index (χ4v) is 2.19. The summed E-state index contributed by atoms with van der Waals surface area (Å²) in [6.45, 7) is 5.11. The predicted octanol–water partition coefficient (Wildman–Crippen LogP) is 4.27. The molecule has 0 spiro atoms. The van der Waals surface area contributed by atoms with E-state index in [1.165, 1.54) is 5.56 Å². The lowest BCUT2D eigenvalue weighted by Crippen LogP contribution is -2.13. The van der Waals surface area contributed by atoms with Gasteiger partial charge in [-0.1, -0.05) is 32.0 Å². The molecule has 0 radical (unpaired) electrons. The minimum atomic E-state index is 0.150. The van der Waals surface area contributed by atoms with Gasteiger partial charge in [0, 0.05) is 11.8 Å². The van der Waals surface area contributed by atoms with E-state index in [9.17, 15) is 0 Å². The van der Waals surface area contributed by atoms with Crippen molar-refractivity contribution in [1.82, 2.24) is 0 Å². The van der Waals surface area contributed by atoms with Crippen LogP contribution in [0.3, 0.4) is 0 Å². The highest BCUT2D eigenvalue weighted by Crippen LogP contribution is 2.49. The van der Waals surface area contributed by atoms with Crippen LogP contribution < -0.4 is 4.74 Å². The van der Waals surface area contributed by atoms with Crippen LogP contribution >= 0.6 is 0 Å². The van der Waals surface area contributed by atoms with Crippen molar-refractivity contribution in [3.63, 3.8) is 0 Å². The molecule has 1 aromatic carbocycles. The van der Waals surface area contributed by atoms with Gasteiger partial charge in [0.1, 0.15) is 5.75 Å². The lowest BCUT2D eigenvalue weighted by Gasteiger charge is -2.18. The molecule has 18 heavy (non-hydrogen) atoms. The number of nitrogens with zero attached hydrogens (tertiary/aromatic N) is 1. The molecule has 1 aliphatic rings. The van der Waals surface area contributed by atoms with Crippen LogP contribution in [-0.4, -0.2) is 6.61 Å². The van der Waals surface area contributed by atoms with Gasteiger partial charge in [0.25, 0.3) is 0 Å². The first-order valence-corrected chi connectivity index (χ1v) is 6.79. The molecule has 2 rings (SSSR count). The number of rotatable bonds is 6. The Morgan fingerprint density at radius 2 is 2.11 bits per heavy atom. The van der Waals surface area contributed by atoms with E-state index in [-0.39, 0.29) is 5.41 Å². The number of hydrogen-bond acceptors (Lipinski definition) is 2. The second-order valence-electron chi connectivity index (χ2n) is 5.47. The van der Waals surface area contributed by atoms with Crippen molar-refractivity contribution in [3.05, 3.63) is 29.8 Å². The van der Waals surface area contributed by atoms with Crippen LogP contribution in [0.5, 0.6) is 5.75 Å². The largest absolute Gasteiger partial charge is 0.493 e. The van der Waals surface area contributed by atoms with E-state index in [0.717, 1.165) is 25.0 Å². The van der Waals surface area contributed by atoms with Gasteiger partial charge >= 0.3 is 0 Å². The Morgan fingerprint density at radius 3 is 2.72 bits per heavy atom.